The van der Waals surface area contributed by atoms with E-state index in [1.165, 1.54) is 12.8 Å². The van der Waals surface area contributed by atoms with Gasteiger partial charge < -0.3 is 19.1 Å². The molecular weight excluding hydrogens is 306 g/mol. The quantitative estimate of drug-likeness (QED) is 0.650. The van der Waals surface area contributed by atoms with E-state index in [2.05, 4.69) is 6.92 Å². The van der Waals surface area contributed by atoms with Gasteiger partial charge in [-0.05, 0) is 49.0 Å². The molecule has 1 aromatic rings. The normalized spacial score (nSPS) is 13.8. The molecule has 1 aliphatic rings. The number of hydrogen-bond donors (Lipinski definition) is 0. The third-order valence-corrected chi connectivity index (χ3v) is 4.09. The SMILES string of the molecule is CCCN(CC1CC1)C(=O)/C=C/c1cc(OC)c(OC)c(OC)c1. The molecule has 1 saturated carbocycles. The topological polar surface area (TPSA) is 48.0 Å². The van der Waals surface area contributed by atoms with Gasteiger partial charge in [0.15, 0.2) is 11.5 Å². The van der Waals surface area contributed by atoms with Gasteiger partial charge in [-0.25, -0.2) is 0 Å². The fraction of sp³-hybridized carbons (Fsp3) is 0.526. The van der Waals surface area contributed by atoms with Gasteiger partial charge in [0.05, 0.1) is 21.3 Å². The second-order valence-electron chi connectivity index (χ2n) is 6.02. The molecule has 2 rings (SSSR count). The average molecular weight is 333 g/mol. The van der Waals surface area contributed by atoms with Crippen molar-refractivity contribution >= 4 is 12.0 Å². The van der Waals surface area contributed by atoms with Crippen LogP contribution >= 0.6 is 0 Å². The van der Waals surface area contributed by atoms with E-state index in [9.17, 15) is 4.79 Å². The highest BCUT2D eigenvalue weighted by atomic mass is 16.5. The summed E-state index contributed by atoms with van der Waals surface area (Å²) in [7, 11) is 4.73. The Bertz CT molecular complexity index is 568. The van der Waals surface area contributed by atoms with Crippen LogP contribution < -0.4 is 14.2 Å². The third kappa shape index (κ3) is 4.66. The number of benzene rings is 1. The summed E-state index contributed by atoms with van der Waals surface area (Å²) in [5.41, 5.74) is 0.834. The summed E-state index contributed by atoms with van der Waals surface area (Å²) in [6, 6.07) is 3.66. The molecule has 0 atom stereocenters. The Balaban J connectivity index is 2.15. The van der Waals surface area contributed by atoms with Crippen molar-refractivity contribution in [2.75, 3.05) is 34.4 Å². The molecule has 0 unspecified atom stereocenters. The highest BCUT2D eigenvalue weighted by Crippen LogP contribution is 2.38. The highest BCUT2D eigenvalue weighted by Gasteiger charge is 2.25. The zero-order valence-electron chi connectivity index (χ0n) is 15.0. The van der Waals surface area contributed by atoms with Crippen molar-refractivity contribution in [2.45, 2.75) is 26.2 Å². The summed E-state index contributed by atoms with van der Waals surface area (Å²) < 4.78 is 16.0. The summed E-state index contributed by atoms with van der Waals surface area (Å²) in [6.45, 7) is 3.76. The van der Waals surface area contributed by atoms with Crippen LogP contribution in [0.15, 0.2) is 18.2 Å². The molecule has 5 heteroatoms. The summed E-state index contributed by atoms with van der Waals surface area (Å²) in [6.07, 6.45) is 6.87. The minimum Gasteiger partial charge on any atom is -0.493 e. The average Bonchev–Trinajstić information content (AvgIpc) is 3.42. The lowest BCUT2D eigenvalue weighted by molar-refractivity contribution is -0.126. The lowest BCUT2D eigenvalue weighted by Crippen LogP contribution is -2.32. The van der Waals surface area contributed by atoms with Crippen molar-refractivity contribution in [3.05, 3.63) is 23.8 Å². The number of ether oxygens (including phenoxy) is 3. The summed E-state index contributed by atoms with van der Waals surface area (Å²) in [5.74, 6) is 2.44. The van der Waals surface area contributed by atoms with E-state index < -0.39 is 0 Å². The number of nitrogens with zero attached hydrogens (tertiary/aromatic N) is 1. The molecule has 1 aliphatic carbocycles. The van der Waals surface area contributed by atoms with Crippen LogP contribution in [0.4, 0.5) is 0 Å². The molecule has 132 valence electrons. The van der Waals surface area contributed by atoms with Crippen molar-refractivity contribution in [1.82, 2.24) is 4.90 Å². The zero-order chi connectivity index (χ0) is 17.5. The Morgan fingerprint density at radius 2 is 1.79 bits per heavy atom. The number of carbonyl (C=O) groups is 1. The fourth-order valence-electron chi connectivity index (χ4n) is 2.64. The first kappa shape index (κ1) is 18.2. The van der Waals surface area contributed by atoms with Crippen LogP contribution in [0.2, 0.25) is 0 Å². The van der Waals surface area contributed by atoms with Crippen LogP contribution in [0, 0.1) is 5.92 Å². The van der Waals surface area contributed by atoms with E-state index in [-0.39, 0.29) is 5.91 Å². The van der Waals surface area contributed by atoms with E-state index in [0.717, 1.165) is 25.1 Å². The van der Waals surface area contributed by atoms with Crippen LogP contribution in [-0.4, -0.2) is 45.2 Å². The third-order valence-electron chi connectivity index (χ3n) is 4.09. The first-order chi connectivity index (χ1) is 11.6. The molecule has 1 fully saturated rings. The monoisotopic (exact) mass is 333 g/mol. The second kappa shape index (κ2) is 8.62. The standard InChI is InChI=1S/C19H27NO4/c1-5-10-20(13-14-6-7-14)18(21)9-8-15-11-16(22-2)19(24-4)17(12-15)23-3/h8-9,11-12,14H,5-7,10,13H2,1-4H3/b9-8+. The molecule has 24 heavy (non-hydrogen) atoms. The van der Waals surface area contributed by atoms with Gasteiger partial charge in [-0.15, -0.1) is 0 Å². The Morgan fingerprint density at radius 1 is 1.17 bits per heavy atom. The number of rotatable bonds is 9. The Morgan fingerprint density at radius 3 is 2.25 bits per heavy atom. The van der Waals surface area contributed by atoms with Crippen LogP contribution in [0.3, 0.4) is 0 Å². The van der Waals surface area contributed by atoms with E-state index in [0.29, 0.717) is 23.2 Å². The Kier molecular flexibility index (Phi) is 6.53. The van der Waals surface area contributed by atoms with Crippen LogP contribution in [-0.2, 0) is 4.79 Å². The van der Waals surface area contributed by atoms with E-state index >= 15 is 0 Å². The zero-order valence-corrected chi connectivity index (χ0v) is 15.0. The van der Waals surface area contributed by atoms with E-state index in [1.807, 2.05) is 17.0 Å². The molecule has 0 radical (unpaired) electrons. The number of methoxy groups -OCH3 is 3. The molecular formula is C19H27NO4. The number of amides is 1. The lowest BCUT2D eigenvalue weighted by atomic mass is 10.1. The first-order valence-corrected chi connectivity index (χ1v) is 8.39. The summed E-state index contributed by atoms with van der Waals surface area (Å²) >= 11 is 0. The minimum atomic E-state index is 0.0532. The largest absolute Gasteiger partial charge is 0.493 e. The molecule has 0 saturated heterocycles. The predicted octanol–water partition coefficient (Wildman–Crippen LogP) is 3.37. The summed E-state index contributed by atoms with van der Waals surface area (Å²) in [5, 5.41) is 0. The molecule has 0 aromatic heterocycles. The van der Waals surface area contributed by atoms with Gasteiger partial charge in [-0.1, -0.05) is 6.92 Å². The summed E-state index contributed by atoms with van der Waals surface area (Å²) in [4.78, 5) is 14.4. The van der Waals surface area contributed by atoms with Gasteiger partial charge >= 0.3 is 0 Å². The number of carbonyl (C=O) groups excluding carboxylic acids is 1. The predicted molar refractivity (Wildman–Crippen MR) is 94.7 cm³/mol. The highest BCUT2D eigenvalue weighted by molar-refractivity contribution is 5.92. The molecule has 0 spiro atoms. The molecule has 1 aromatic carbocycles. The van der Waals surface area contributed by atoms with Gasteiger partial charge in [0.2, 0.25) is 11.7 Å². The smallest absolute Gasteiger partial charge is 0.246 e. The van der Waals surface area contributed by atoms with Crippen LogP contribution in [0.1, 0.15) is 31.7 Å². The maximum atomic E-state index is 12.5. The molecule has 0 heterocycles. The molecule has 1 amide bonds. The van der Waals surface area contributed by atoms with Crippen molar-refractivity contribution in [2.24, 2.45) is 5.92 Å². The second-order valence-corrected chi connectivity index (χ2v) is 6.02. The van der Waals surface area contributed by atoms with Gasteiger partial charge in [-0.2, -0.15) is 0 Å². The maximum absolute atomic E-state index is 12.5. The van der Waals surface area contributed by atoms with E-state index in [4.69, 9.17) is 14.2 Å². The maximum Gasteiger partial charge on any atom is 0.246 e. The number of hydrogen-bond acceptors (Lipinski definition) is 4. The molecule has 0 bridgehead atoms. The Hall–Kier alpha value is -2.17. The van der Waals surface area contributed by atoms with Gasteiger partial charge in [0.25, 0.3) is 0 Å². The van der Waals surface area contributed by atoms with Crippen molar-refractivity contribution in [3.63, 3.8) is 0 Å². The lowest BCUT2D eigenvalue weighted by Gasteiger charge is -2.20. The molecule has 0 N–H and O–H groups in total. The first-order valence-electron chi connectivity index (χ1n) is 8.39. The fourth-order valence-corrected chi connectivity index (χ4v) is 2.64. The van der Waals surface area contributed by atoms with Crippen molar-refractivity contribution in [3.8, 4) is 17.2 Å². The van der Waals surface area contributed by atoms with Gasteiger partial charge in [-0.3, -0.25) is 4.79 Å². The van der Waals surface area contributed by atoms with Gasteiger partial charge in [0, 0.05) is 19.2 Å². The van der Waals surface area contributed by atoms with Crippen molar-refractivity contribution in [1.29, 1.82) is 0 Å². The van der Waals surface area contributed by atoms with Gasteiger partial charge in [0.1, 0.15) is 0 Å². The Labute approximate surface area is 144 Å². The van der Waals surface area contributed by atoms with Crippen molar-refractivity contribution < 1.29 is 19.0 Å². The van der Waals surface area contributed by atoms with Crippen LogP contribution in [0.25, 0.3) is 6.08 Å². The molecule has 5 nitrogen and oxygen atoms in total. The minimum absolute atomic E-state index is 0.0532. The van der Waals surface area contributed by atoms with Crippen LogP contribution in [0.5, 0.6) is 17.2 Å². The van der Waals surface area contributed by atoms with E-state index in [1.54, 1.807) is 33.5 Å². The molecule has 0 aliphatic heterocycles.